The van der Waals surface area contributed by atoms with Crippen molar-refractivity contribution in [2.75, 3.05) is 33.0 Å². The lowest BCUT2D eigenvalue weighted by molar-refractivity contribution is 0.00449. The van der Waals surface area contributed by atoms with Gasteiger partial charge in [0.25, 0.3) is 0 Å². The van der Waals surface area contributed by atoms with Crippen molar-refractivity contribution >= 4 is 0 Å². The van der Waals surface area contributed by atoms with Crippen molar-refractivity contribution in [1.29, 1.82) is 0 Å². The Morgan fingerprint density at radius 3 is 1.25 bits per heavy atom. The van der Waals surface area contributed by atoms with Crippen molar-refractivity contribution in [1.82, 2.24) is 0 Å². The molecular weight excluding hydrogens is 604 g/mol. The van der Waals surface area contributed by atoms with Crippen LogP contribution in [0.3, 0.4) is 0 Å². The van der Waals surface area contributed by atoms with Crippen LogP contribution in [0.5, 0.6) is 23.0 Å². The summed E-state index contributed by atoms with van der Waals surface area (Å²) in [5.74, 6) is 3.13. The minimum atomic E-state index is -0.790. The van der Waals surface area contributed by atoms with Crippen LogP contribution in [0.25, 0.3) is 0 Å². The molecule has 2 heterocycles. The molecule has 2 fully saturated rings. The van der Waals surface area contributed by atoms with Crippen molar-refractivity contribution in [3.05, 3.63) is 119 Å². The molecule has 0 radical (unpaired) electrons. The van der Waals surface area contributed by atoms with Gasteiger partial charge in [-0.2, -0.15) is 0 Å². The van der Waals surface area contributed by atoms with Crippen molar-refractivity contribution in [2.24, 2.45) is 0 Å². The van der Waals surface area contributed by atoms with E-state index in [9.17, 15) is 5.11 Å². The third kappa shape index (κ3) is 8.51. The Morgan fingerprint density at radius 1 is 0.583 bits per heavy atom. The van der Waals surface area contributed by atoms with Gasteiger partial charge in [0.15, 0.2) is 0 Å². The lowest BCUT2D eigenvalue weighted by Crippen LogP contribution is -2.36. The predicted octanol–water partition coefficient (Wildman–Crippen LogP) is 7.49. The molecule has 2 aliphatic rings. The average molecular weight is 653 g/mol. The lowest BCUT2D eigenvalue weighted by Gasteiger charge is -2.27. The highest BCUT2D eigenvalue weighted by Crippen LogP contribution is 2.35. The fraction of sp³-hybridized carbons (Fsp3) is 0.415. The van der Waals surface area contributed by atoms with Gasteiger partial charge in [-0.1, -0.05) is 83.1 Å². The van der Waals surface area contributed by atoms with Gasteiger partial charge in [0.1, 0.15) is 67.2 Å². The first-order valence-corrected chi connectivity index (χ1v) is 17.0. The third-order valence-electron chi connectivity index (χ3n) is 9.52. The smallest absolute Gasteiger partial charge is 0.128 e. The number of aliphatic hydroxyl groups excluding tert-OH is 1. The Kier molecular flexibility index (Phi) is 10.3. The first-order chi connectivity index (χ1) is 23.1. The summed E-state index contributed by atoms with van der Waals surface area (Å²) in [4.78, 5) is 0. The Balaban J connectivity index is 0.996. The molecule has 6 rings (SSSR count). The van der Waals surface area contributed by atoms with Gasteiger partial charge in [-0.25, -0.2) is 0 Å². The molecule has 0 bridgehead atoms. The van der Waals surface area contributed by atoms with Crippen molar-refractivity contribution in [2.45, 2.75) is 76.3 Å². The van der Waals surface area contributed by atoms with Crippen LogP contribution in [0.15, 0.2) is 97.1 Å². The van der Waals surface area contributed by atoms with Gasteiger partial charge in [0, 0.05) is 10.8 Å². The second-order valence-corrected chi connectivity index (χ2v) is 13.8. The maximum absolute atomic E-state index is 11.0. The van der Waals surface area contributed by atoms with Gasteiger partial charge in [-0.05, 0) is 77.2 Å². The molecule has 4 unspecified atom stereocenters. The number of aliphatic hydroxyl groups is 1. The zero-order chi connectivity index (χ0) is 33.7. The Bertz CT molecular complexity index is 1590. The van der Waals surface area contributed by atoms with E-state index in [1.165, 1.54) is 22.3 Å². The topological polar surface area (TPSA) is 82.2 Å². The number of rotatable bonds is 17. The first kappa shape index (κ1) is 33.8. The lowest BCUT2D eigenvalue weighted by atomic mass is 9.78. The zero-order valence-electron chi connectivity index (χ0n) is 28.7. The molecule has 48 heavy (non-hydrogen) atoms. The highest BCUT2D eigenvalue weighted by molar-refractivity contribution is 5.43. The molecule has 0 aromatic heterocycles. The van der Waals surface area contributed by atoms with Crippen LogP contribution in [0.1, 0.15) is 63.3 Å². The molecule has 0 spiro atoms. The van der Waals surface area contributed by atoms with E-state index in [4.69, 9.17) is 28.4 Å². The summed E-state index contributed by atoms with van der Waals surface area (Å²) < 4.78 is 34.3. The Morgan fingerprint density at radius 2 is 0.917 bits per heavy atom. The molecule has 7 heteroatoms. The minimum Gasteiger partial charge on any atom is -0.491 e. The summed E-state index contributed by atoms with van der Waals surface area (Å²) in [6.07, 6.45) is -0.0725. The van der Waals surface area contributed by atoms with Crippen LogP contribution in [-0.4, -0.2) is 62.6 Å². The fourth-order valence-corrected chi connectivity index (χ4v) is 5.79. The summed E-state index contributed by atoms with van der Waals surface area (Å²) in [5, 5.41) is 11.0. The van der Waals surface area contributed by atoms with Gasteiger partial charge < -0.3 is 33.5 Å². The Hall–Kier alpha value is -4.04. The molecule has 2 saturated heterocycles. The molecule has 0 aliphatic carbocycles. The quantitative estimate of drug-likeness (QED) is 0.118. The zero-order valence-corrected chi connectivity index (χ0v) is 28.7. The molecule has 1 N–H and O–H groups in total. The summed E-state index contributed by atoms with van der Waals surface area (Å²) in [6.45, 7) is 13.7. The number of ether oxygens (including phenoxy) is 6. The number of hydrogen-bond acceptors (Lipinski definition) is 7. The van der Waals surface area contributed by atoms with Gasteiger partial charge in [0.2, 0.25) is 0 Å². The van der Waals surface area contributed by atoms with E-state index >= 15 is 0 Å². The first-order valence-electron chi connectivity index (χ1n) is 17.0. The number of hydrogen-bond donors (Lipinski definition) is 1. The van der Waals surface area contributed by atoms with Crippen LogP contribution in [0.4, 0.5) is 0 Å². The van der Waals surface area contributed by atoms with Gasteiger partial charge in [0.05, 0.1) is 13.2 Å². The molecular formula is C41H48O7. The van der Waals surface area contributed by atoms with E-state index in [0.29, 0.717) is 25.4 Å². The van der Waals surface area contributed by atoms with E-state index < -0.39 is 12.2 Å². The standard InChI is InChI=1S/C41H48O7/c1-6-39(48-35-21-13-31(14-22-35)41(4,5)29-9-17-33(18-10-29)44-24-37-26-46-37)38(42)27-47-34-19-11-30(12-20-34)40(2,3)28-7-15-32(16-8-28)43-23-36-25-45-36/h7-22,36-39,42H,6,23-27H2,1-5H3. The van der Waals surface area contributed by atoms with Crippen molar-refractivity contribution in [3.8, 4) is 23.0 Å². The highest BCUT2D eigenvalue weighted by Gasteiger charge is 2.27. The second-order valence-electron chi connectivity index (χ2n) is 13.8. The van der Waals surface area contributed by atoms with Crippen LogP contribution in [0.2, 0.25) is 0 Å². The van der Waals surface area contributed by atoms with Crippen molar-refractivity contribution in [3.63, 3.8) is 0 Å². The minimum absolute atomic E-state index is 0.132. The number of epoxide rings is 2. The van der Waals surface area contributed by atoms with Crippen molar-refractivity contribution < 1.29 is 33.5 Å². The predicted molar refractivity (Wildman–Crippen MR) is 187 cm³/mol. The number of benzene rings is 4. The van der Waals surface area contributed by atoms with E-state index in [2.05, 4.69) is 76.2 Å². The monoisotopic (exact) mass is 652 g/mol. The summed E-state index contributed by atoms with van der Waals surface area (Å²) in [6, 6.07) is 32.8. The van der Waals surface area contributed by atoms with Crippen LogP contribution in [0, 0.1) is 0 Å². The van der Waals surface area contributed by atoms with Crippen LogP contribution < -0.4 is 18.9 Å². The highest BCUT2D eigenvalue weighted by atomic mass is 16.6. The van der Waals surface area contributed by atoms with Crippen LogP contribution >= 0.6 is 0 Å². The maximum atomic E-state index is 11.0. The van der Waals surface area contributed by atoms with Gasteiger partial charge in [-0.15, -0.1) is 0 Å². The second kappa shape index (κ2) is 14.6. The summed E-state index contributed by atoms with van der Waals surface area (Å²) in [5.41, 5.74) is 4.32. The van der Waals surface area contributed by atoms with E-state index in [1.54, 1.807) is 0 Å². The maximum Gasteiger partial charge on any atom is 0.128 e. The molecule has 0 saturated carbocycles. The molecule has 4 atom stereocenters. The van der Waals surface area contributed by atoms with Crippen LogP contribution in [-0.2, 0) is 20.3 Å². The molecule has 4 aromatic carbocycles. The molecule has 4 aromatic rings. The third-order valence-corrected chi connectivity index (χ3v) is 9.52. The molecule has 0 amide bonds. The normalized spacial score (nSPS) is 18.5. The molecule has 7 nitrogen and oxygen atoms in total. The SMILES string of the molecule is CCC(Oc1ccc(C(C)(C)c2ccc(OCC3CO3)cc2)cc1)C(O)COc1ccc(C(C)(C)c2ccc(OCC3CO3)cc2)cc1. The average Bonchev–Trinajstić information content (AvgIpc) is 4.05. The van der Waals surface area contributed by atoms with Gasteiger partial charge >= 0.3 is 0 Å². The van der Waals surface area contributed by atoms with E-state index in [1.807, 2.05) is 55.5 Å². The largest absolute Gasteiger partial charge is 0.491 e. The van der Waals surface area contributed by atoms with E-state index in [0.717, 1.165) is 30.5 Å². The molecule has 2 aliphatic heterocycles. The van der Waals surface area contributed by atoms with Gasteiger partial charge in [-0.3, -0.25) is 0 Å². The fourth-order valence-electron chi connectivity index (χ4n) is 5.79. The summed E-state index contributed by atoms with van der Waals surface area (Å²) >= 11 is 0. The molecule has 254 valence electrons. The van der Waals surface area contributed by atoms with E-state index in [-0.39, 0.29) is 29.6 Å². The Labute approximate surface area is 284 Å². The summed E-state index contributed by atoms with van der Waals surface area (Å²) in [7, 11) is 0.